The van der Waals surface area contributed by atoms with Crippen LogP contribution >= 0.6 is 0 Å². The minimum absolute atomic E-state index is 0.315. The largest absolute Gasteiger partial charge is 0.389 e. The van der Waals surface area contributed by atoms with E-state index in [0.29, 0.717) is 11.7 Å². The molecule has 0 aromatic rings. The molecular formula is C12H21NO2. The van der Waals surface area contributed by atoms with Gasteiger partial charge in [0.25, 0.3) is 0 Å². The lowest BCUT2D eigenvalue weighted by atomic mass is 10.0. The van der Waals surface area contributed by atoms with Gasteiger partial charge in [0.05, 0.1) is 5.60 Å². The molecule has 0 radical (unpaired) electrons. The number of Topliss-reactive ketones (excluding diaryl/α,β-unsaturated/α-hetero) is 1. The summed E-state index contributed by atoms with van der Waals surface area (Å²) in [6.45, 7) is 4.63. The van der Waals surface area contributed by atoms with Gasteiger partial charge in [0.15, 0.2) is 0 Å². The Morgan fingerprint density at radius 3 is 2.93 bits per heavy atom. The van der Waals surface area contributed by atoms with Gasteiger partial charge in [-0.05, 0) is 39.2 Å². The van der Waals surface area contributed by atoms with E-state index in [4.69, 9.17) is 0 Å². The second-order valence-electron chi connectivity index (χ2n) is 5.37. The van der Waals surface area contributed by atoms with Gasteiger partial charge in [-0.2, -0.15) is 0 Å². The summed E-state index contributed by atoms with van der Waals surface area (Å²) in [6, 6.07) is 0. The molecule has 0 bridgehead atoms. The van der Waals surface area contributed by atoms with Gasteiger partial charge in [0.1, 0.15) is 5.78 Å². The van der Waals surface area contributed by atoms with Crippen LogP contribution in [0.25, 0.3) is 0 Å². The number of rotatable bonds is 3. The maximum Gasteiger partial charge on any atom is 0.136 e. The molecule has 2 aliphatic rings. The van der Waals surface area contributed by atoms with Crippen molar-refractivity contribution >= 4 is 5.78 Å². The number of carbonyl (C=O) groups excluding carboxylic acids is 1. The number of ketones is 1. The second kappa shape index (κ2) is 4.22. The molecular weight excluding hydrogens is 190 g/mol. The standard InChI is InChI=1S/C12H21NO2/c1-12(15)6-8-13(9-12)7-5-10-3-2-4-11(10)14/h10,15H,2-9H2,1H3. The summed E-state index contributed by atoms with van der Waals surface area (Å²) in [5.41, 5.74) is -0.500. The zero-order valence-electron chi connectivity index (χ0n) is 9.54. The van der Waals surface area contributed by atoms with Gasteiger partial charge in [-0.3, -0.25) is 4.79 Å². The van der Waals surface area contributed by atoms with Crippen LogP contribution in [-0.4, -0.2) is 41.0 Å². The van der Waals surface area contributed by atoms with Crippen molar-refractivity contribution in [1.82, 2.24) is 4.90 Å². The number of nitrogens with zero attached hydrogens (tertiary/aromatic N) is 1. The van der Waals surface area contributed by atoms with E-state index in [1.54, 1.807) is 0 Å². The fourth-order valence-electron chi connectivity index (χ4n) is 2.76. The normalized spacial score (nSPS) is 37.7. The molecule has 1 N–H and O–H groups in total. The van der Waals surface area contributed by atoms with Gasteiger partial charge in [0.2, 0.25) is 0 Å². The van der Waals surface area contributed by atoms with Crippen molar-refractivity contribution in [2.75, 3.05) is 19.6 Å². The molecule has 2 rings (SSSR count). The third-order valence-corrected chi connectivity index (χ3v) is 3.76. The average molecular weight is 211 g/mol. The average Bonchev–Trinajstić information content (AvgIpc) is 2.69. The Morgan fingerprint density at radius 1 is 1.60 bits per heavy atom. The van der Waals surface area contributed by atoms with Crippen LogP contribution in [0.2, 0.25) is 0 Å². The van der Waals surface area contributed by atoms with E-state index in [-0.39, 0.29) is 0 Å². The van der Waals surface area contributed by atoms with Crippen molar-refractivity contribution in [3.8, 4) is 0 Å². The predicted molar refractivity (Wildman–Crippen MR) is 58.6 cm³/mol. The summed E-state index contributed by atoms with van der Waals surface area (Å²) in [5, 5.41) is 9.80. The van der Waals surface area contributed by atoms with E-state index >= 15 is 0 Å². The number of hydrogen-bond donors (Lipinski definition) is 1. The van der Waals surface area contributed by atoms with Gasteiger partial charge in [-0.15, -0.1) is 0 Å². The highest BCUT2D eigenvalue weighted by Crippen LogP contribution is 2.26. The molecule has 2 atom stereocenters. The third kappa shape index (κ3) is 2.79. The molecule has 86 valence electrons. The molecule has 2 unspecified atom stereocenters. The number of aliphatic hydroxyl groups is 1. The minimum atomic E-state index is -0.500. The third-order valence-electron chi connectivity index (χ3n) is 3.76. The first-order valence-corrected chi connectivity index (χ1v) is 6.04. The van der Waals surface area contributed by atoms with Gasteiger partial charge >= 0.3 is 0 Å². The zero-order valence-corrected chi connectivity index (χ0v) is 9.54. The molecule has 0 spiro atoms. The summed E-state index contributed by atoms with van der Waals surface area (Å²) in [4.78, 5) is 13.7. The van der Waals surface area contributed by atoms with Gasteiger partial charge in [-0.1, -0.05) is 0 Å². The summed E-state index contributed by atoms with van der Waals surface area (Å²) < 4.78 is 0. The Labute approximate surface area is 91.5 Å². The monoisotopic (exact) mass is 211 g/mol. The predicted octanol–water partition coefficient (Wildman–Crippen LogP) is 1.20. The highest BCUT2D eigenvalue weighted by molar-refractivity contribution is 5.82. The highest BCUT2D eigenvalue weighted by Gasteiger charge is 2.32. The second-order valence-corrected chi connectivity index (χ2v) is 5.37. The van der Waals surface area contributed by atoms with Crippen LogP contribution < -0.4 is 0 Å². The Balaban J connectivity index is 1.72. The molecule has 1 heterocycles. The quantitative estimate of drug-likeness (QED) is 0.762. The van der Waals surface area contributed by atoms with Crippen LogP contribution in [0.5, 0.6) is 0 Å². The van der Waals surface area contributed by atoms with Crippen molar-refractivity contribution in [2.45, 2.75) is 44.6 Å². The first kappa shape index (κ1) is 11.1. The first-order chi connectivity index (χ1) is 7.07. The molecule has 2 fully saturated rings. The van der Waals surface area contributed by atoms with Crippen molar-refractivity contribution < 1.29 is 9.90 Å². The number of carbonyl (C=O) groups is 1. The first-order valence-electron chi connectivity index (χ1n) is 6.04. The molecule has 3 nitrogen and oxygen atoms in total. The number of β-amino-alcohol motifs (C(OH)–C–C–N with tert-alkyl or cyclic N) is 1. The smallest absolute Gasteiger partial charge is 0.136 e. The van der Waals surface area contributed by atoms with E-state index in [2.05, 4.69) is 4.90 Å². The topological polar surface area (TPSA) is 40.5 Å². The van der Waals surface area contributed by atoms with E-state index < -0.39 is 5.60 Å². The number of likely N-dealkylation sites (tertiary alicyclic amines) is 1. The van der Waals surface area contributed by atoms with Crippen LogP contribution in [0.3, 0.4) is 0 Å². The lowest BCUT2D eigenvalue weighted by Crippen LogP contribution is -2.31. The molecule has 1 saturated heterocycles. The minimum Gasteiger partial charge on any atom is -0.389 e. The van der Waals surface area contributed by atoms with Crippen LogP contribution in [-0.2, 0) is 4.79 Å². The maximum absolute atomic E-state index is 11.4. The van der Waals surface area contributed by atoms with Crippen LogP contribution in [0.4, 0.5) is 0 Å². The van der Waals surface area contributed by atoms with Crippen molar-refractivity contribution in [3.63, 3.8) is 0 Å². The van der Waals surface area contributed by atoms with Crippen LogP contribution in [0.15, 0.2) is 0 Å². The highest BCUT2D eigenvalue weighted by atomic mass is 16.3. The van der Waals surface area contributed by atoms with E-state index in [0.717, 1.165) is 51.7 Å². The SMILES string of the molecule is CC1(O)CCN(CCC2CCCC2=O)C1. The molecule has 0 aromatic heterocycles. The lowest BCUT2D eigenvalue weighted by Gasteiger charge is -2.19. The van der Waals surface area contributed by atoms with Gasteiger partial charge in [0, 0.05) is 25.4 Å². The van der Waals surface area contributed by atoms with Crippen LogP contribution in [0, 0.1) is 5.92 Å². The molecule has 1 aliphatic carbocycles. The van der Waals surface area contributed by atoms with Gasteiger partial charge in [-0.25, -0.2) is 0 Å². The fraction of sp³-hybridized carbons (Fsp3) is 0.917. The summed E-state index contributed by atoms with van der Waals surface area (Å²) in [6.07, 6.45) is 4.83. The zero-order chi connectivity index (χ0) is 10.9. The summed E-state index contributed by atoms with van der Waals surface area (Å²) in [5.74, 6) is 0.775. The van der Waals surface area contributed by atoms with Gasteiger partial charge < -0.3 is 10.0 Å². The van der Waals surface area contributed by atoms with E-state index in [9.17, 15) is 9.90 Å². The molecule has 0 aromatic carbocycles. The molecule has 0 amide bonds. The van der Waals surface area contributed by atoms with E-state index in [1.807, 2.05) is 6.92 Å². The summed E-state index contributed by atoms with van der Waals surface area (Å²) in [7, 11) is 0. The Hall–Kier alpha value is -0.410. The van der Waals surface area contributed by atoms with Crippen molar-refractivity contribution in [2.24, 2.45) is 5.92 Å². The maximum atomic E-state index is 11.4. The number of hydrogen-bond acceptors (Lipinski definition) is 3. The summed E-state index contributed by atoms with van der Waals surface area (Å²) >= 11 is 0. The fourth-order valence-corrected chi connectivity index (χ4v) is 2.76. The van der Waals surface area contributed by atoms with Crippen molar-refractivity contribution in [3.05, 3.63) is 0 Å². The molecule has 3 heteroatoms. The van der Waals surface area contributed by atoms with Crippen molar-refractivity contribution in [1.29, 1.82) is 0 Å². The lowest BCUT2D eigenvalue weighted by molar-refractivity contribution is -0.120. The Bertz CT molecular complexity index is 250. The molecule has 1 saturated carbocycles. The van der Waals surface area contributed by atoms with E-state index in [1.165, 1.54) is 0 Å². The Kier molecular flexibility index (Phi) is 3.12. The van der Waals surface area contributed by atoms with Crippen LogP contribution in [0.1, 0.15) is 39.0 Å². The molecule has 1 aliphatic heterocycles. The Morgan fingerprint density at radius 2 is 2.40 bits per heavy atom. The molecule has 15 heavy (non-hydrogen) atoms.